The van der Waals surface area contributed by atoms with Gasteiger partial charge < -0.3 is 10.1 Å². The van der Waals surface area contributed by atoms with Crippen LogP contribution in [0.1, 0.15) is 33.3 Å². The summed E-state index contributed by atoms with van der Waals surface area (Å²) in [5.74, 6) is 0.940. The predicted molar refractivity (Wildman–Crippen MR) is 77.5 cm³/mol. The molecule has 0 saturated heterocycles. The molecule has 1 aliphatic rings. The van der Waals surface area contributed by atoms with Crippen molar-refractivity contribution < 1.29 is 4.74 Å². The van der Waals surface area contributed by atoms with E-state index in [0.717, 1.165) is 5.75 Å². The zero-order valence-corrected chi connectivity index (χ0v) is 10.4. The highest BCUT2D eigenvalue weighted by Crippen LogP contribution is 2.35. The molecule has 3 heteroatoms. The van der Waals surface area contributed by atoms with Crippen LogP contribution in [-0.4, -0.2) is 35.2 Å². The van der Waals surface area contributed by atoms with Gasteiger partial charge in [0.2, 0.25) is 0 Å². The Kier molecular flexibility index (Phi) is 4.50. The molecule has 0 unspecified atom stereocenters. The molecule has 2 nitrogen and oxygen atoms in total. The molecule has 0 radical (unpaired) electrons. The Bertz CT molecular complexity index is 438. The molecule has 0 aliphatic carbocycles. The lowest BCUT2D eigenvalue weighted by Crippen LogP contribution is -2.31. The Labute approximate surface area is 120 Å². The SMILES string of the molecule is CCOc1ccc2c(c1)C(C)=CC(C)(C)N2.[MgH2]. The lowest BCUT2D eigenvalue weighted by Gasteiger charge is -2.31. The van der Waals surface area contributed by atoms with Crippen molar-refractivity contribution in [2.75, 3.05) is 11.9 Å². The van der Waals surface area contributed by atoms with Gasteiger partial charge in [0.15, 0.2) is 0 Å². The Morgan fingerprint density at radius 2 is 2.00 bits per heavy atom. The number of ether oxygens (including phenoxy) is 1. The summed E-state index contributed by atoms with van der Waals surface area (Å²) in [7, 11) is 0. The summed E-state index contributed by atoms with van der Waals surface area (Å²) in [6.07, 6.45) is 2.26. The van der Waals surface area contributed by atoms with Crippen LogP contribution in [0.5, 0.6) is 5.75 Å². The molecule has 1 aromatic rings. The van der Waals surface area contributed by atoms with Gasteiger partial charge in [-0.05, 0) is 51.5 Å². The smallest absolute Gasteiger partial charge is 0.316 e. The van der Waals surface area contributed by atoms with E-state index in [9.17, 15) is 0 Å². The van der Waals surface area contributed by atoms with Gasteiger partial charge in [0.1, 0.15) is 5.75 Å². The Hall–Kier alpha value is -0.674. The van der Waals surface area contributed by atoms with E-state index < -0.39 is 0 Å². The quantitative estimate of drug-likeness (QED) is 0.807. The zero-order chi connectivity index (χ0) is 11.8. The fourth-order valence-corrected chi connectivity index (χ4v) is 2.22. The van der Waals surface area contributed by atoms with Crippen molar-refractivity contribution >= 4 is 34.3 Å². The van der Waals surface area contributed by atoms with E-state index in [1.807, 2.05) is 13.0 Å². The van der Waals surface area contributed by atoms with Gasteiger partial charge in [-0.15, -0.1) is 0 Å². The fourth-order valence-electron chi connectivity index (χ4n) is 2.22. The lowest BCUT2D eigenvalue weighted by atomic mass is 9.91. The second kappa shape index (κ2) is 5.32. The van der Waals surface area contributed by atoms with E-state index in [0.29, 0.717) is 6.61 Å². The molecule has 0 saturated carbocycles. The van der Waals surface area contributed by atoms with E-state index in [1.165, 1.54) is 16.8 Å². The van der Waals surface area contributed by atoms with Crippen molar-refractivity contribution in [1.82, 2.24) is 0 Å². The van der Waals surface area contributed by atoms with Crippen LogP contribution in [0.15, 0.2) is 24.3 Å². The Balaban J connectivity index is 0.00000144. The number of fused-ring (bicyclic) bond motifs is 1. The molecule has 90 valence electrons. The number of hydrogen-bond acceptors (Lipinski definition) is 2. The molecule has 0 atom stereocenters. The molecule has 0 amide bonds. The van der Waals surface area contributed by atoms with Crippen molar-refractivity contribution in [3.8, 4) is 5.75 Å². The maximum Gasteiger partial charge on any atom is 0.316 e. The molecule has 1 N–H and O–H groups in total. The van der Waals surface area contributed by atoms with Crippen LogP contribution in [0.2, 0.25) is 0 Å². The highest BCUT2D eigenvalue weighted by atomic mass is 24.3. The summed E-state index contributed by atoms with van der Waals surface area (Å²) in [5.41, 5.74) is 3.77. The minimum atomic E-state index is 0. The zero-order valence-electron chi connectivity index (χ0n) is 10.4. The van der Waals surface area contributed by atoms with Crippen LogP contribution in [0, 0.1) is 0 Å². The van der Waals surface area contributed by atoms with Crippen LogP contribution < -0.4 is 10.1 Å². The van der Waals surface area contributed by atoms with Gasteiger partial charge in [-0.3, -0.25) is 0 Å². The average molecular weight is 244 g/mol. The summed E-state index contributed by atoms with van der Waals surface area (Å²) in [6.45, 7) is 9.22. The van der Waals surface area contributed by atoms with Gasteiger partial charge in [0.05, 0.1) is 12.1 Å². The van der Waals surface area contributed by atoms with Gasteiger partial charge in [-0.1, -0.05) is 6.08 Å². The number of allylic oxidation sites excluding steroid dienone is 1. The molecule has 17 heavy (non-hydrogen) atoms. The third-order valence-corrected chi connectivity index (χ3v) is 2.76. The van der Waals surface area contributed by atoms with Gasteiger partial charge in [0.25, 0.3) is 0 Å². The molecule has 0 spiro atoms. The normalized spacial score (nSPS) is 16.1. The third-order valence-electron chi connectivity index (χ3n) is 2.76. The van der Waals surface area contributed by atoms with Crippen molar-refractivity contribution in [2.45, 2.75) is 33.2 Å². The summed E-state index contributed by atoms with van der Waals surface area (Å²) < 4.78 is 5.52. The van der Waals surface area contributed by atoms with E-state index in [2.05, 4.69) is 44.3 Å². The molecule has 1 aromatic carbocycles. The number of nitrogens with one attached hydrogen (secondary N) is 1. The number of hydrogen-bond donors (Lipinski definition) is 1. The largest absolute Gasteiger partial charge is 0.494 e. The number of benzene rings is 1. The minimum Gasteiger partial charge on any atom is -0.494 e. The van der Waals surface area contributed by atoms with Gasteiger partial charge in [-0.25, -0.2) is 0 Å². The predicted octanol–water partition coefficient (Wildman–Crippen LogP) is 2.78. The summed E-state index contributed by atoms with van der Waals surface area (Å²) in [6, 6.07) is 6.22. The van der Waals surface area contributed by atoms with E-state index in [4.69, 9.17) is 4.74 Å². The van der Waals surface area contributed by atoms with Crippen molar-refractivity contribution in [2.24, 2.45) is 0 Å². The molecular weight excluding hydrogens is 222 g/mol. The van der Waals surface area contributed by atoms with E-state index >= 15 is 0 Å². The van der Waals surface area contributed by atoms with Crippen LogP contribution in [0.25, 0.3) is 5.57 Å². The Morgan fingerprint density at radius 1 is 1.29 bits per heavy atom. The average Bonchev–Trinajstić information content (AvgIpc) is 2.18. The highest BCUT2D eigenvalue weighted by Gasteiger charge is 2.22. The summed E-state index contributed by atoms with van der Waals surface area (Å²) >= 11 is 0. The molecule has 1 aliphatic heterocycles. The molecule has 0 bridgehead atoms. The van der Waals surface area contributed by atoms with Crippen molar-refractivity contribution in [3.63, 3.8) is 0 Å². The fraction of sp³-hybridized carbons (Fsp3) is 0.429. The van der Waals surface area contributed by atoms with Gasteiger partial charge in [-0.2, -0.15) is 0 Å². The first-order chi connectivity index (χ1) is 7.52. The first kappa shape index (κ1) is 14.4. The molecule has 1 heterocycles. The Morgan fingerprint density at radius 3 is 2.65 bits per heavy atom. The molecule has 2 rings (SSSR count). The molecular formula is C14H21MgNO. The maximum absolute atomic E-state index is 5.52. The summed E-state index contributed by atoms with van der Waals surface area (Å²) in [5, 5.41) is 3.50. The van der Waals surface area contributed by atoms with Crippen molar-refractivity contribution in [1.29, 1.82) is 0 Å². The first-order valence-corrected chi connectivity index (χ1v) is 5.77. The van der Waals surface area contributed by atoms with Crippen LogP contribution in [0.4, 0.5) is 5.69 Å². The standard InChI is InChI=1S/C14H19NO.Mg.2H/c1-5-16-11-6-7-13-12(8-11)10(2)9-14(3,4)15-13;;;/h6-9,15H,5H2,1-4H3;;;. The number of anilines is 1. The second-order valence-corrected chi connectivity index (χ2v) is 4.81. The second-order valence-electron chi connectivity index (χ2n) is 4.81. The van der Waals surface area contributed by atoms with Crippen LogP contribution in [-0.2, 0) is 0 Å². The third kappa shape index (κ3) is 3.16. The minimum absolute atomic E-state index is 0. The molecule has 0 aromatic heterocycles. The highest BCUT2D eigenvalue weighted by molar-refractivity contribution is 5.80. The summed E-state index contributed by atoms with van der Waals surface area (Å²) in [4.78, 5) is 0. The van der Waals surface area contributed by atoms with Gasteiger partial charge in [0, 0.05) is 11.3 Å². The topological polar surface area (TPSA) is 21.3 Å². The van der Waals surface area contributed by atoms with Crippen LogP contribution in [0.3, 0.4) is 0 Å². The number of rotatable bonds is 2. The van der Waals surface area contributed by atoms with Gasteiger partial charge >= 0.3 is 23.1 Å². The maximum atomic E-state index is 5.52. The van der Waals surface area contributed by atoms with E-state index in [-0.39, 0.29) is 28.6 Å². The monoisotopic (exact) mass is 243 g/mol. The van der Waals surface area contributed by atoms with Crippen molar-refractivity contribution in [3.05, 3.63) is 29.8 Å². The molecule has 0 fully saturated rings. The lowest BCUT2D eigenvalue weighted by molar-refractivity contribution is 0.340. The first-order valence-electron chi connectivity index (χ1n) is 5.77. The van der Waals surface area contributed by atoms with Crippen LogP contribution >= 0.6 is 0 Å². The van der Waals surface area contributed by atoms with E-state index in [1.54, 1.807) is 0 Å².